The number of halogens is 1. The van der Waals surface area contributed by atoms with E-state index >= 15 is 0 Å². The summed E-state index contributed by atoms with van der Waals surface area (Å²) in [5.74, 6) is 0.774. The van der Waals surface area contributed by atoms with Crippen LogP contribution in [0.15, 0.2) is 17.0 Å². The number of methoxy groups -OCH3 is 1. The molecule has 1 aromatic rings. The molecule has 1 rings (SSSR count). The maximum Gasteiger partial charge on any atom is 0.146 e. The van der Waals surface area contributed by atoms with Gasteiger partial charge in [0.15, 0.2) is 0 Å². The van der Waals surface area contributed by atoms with Gasteiger partial charge in [-0.3, -0.25) is 0 Å². The van der Waals surface area contributed by atoms with Crippen molar-refractivity contribution in [3.8, 4) is 0 Å². The predicted molar refractivity (Wildman–Crippen MR) is 60.9 cm³/mol. The van der Waals surface area contributed by atoms with Crippen molar-refractivity contribution in [1.29, 1.82) is 0 Å². The second-order valence-electron chi connectivity index (χ2n) is 2.90. The van der Waals surface area contributed by atoms with Gasteiger partial charge in [0.25, 0.3) is 0 Å². The summed E-state index contributed by atoms with van der Waals surface area (Å²) in [6.07, 6.45) is 3.16. The Kier molecular flexibility index (Phi) is 5.52. The smallest absolute Gasteiger partial charge is 0.146 e. The summed E-state index contributed by atoms with van der Waals surface area (Å²) in [7, 11) is 1.64. The highest BCUT2D eigenvalue weighted by atomic mass is 79.9. The number of aromatic nitrogens is 2. The molecule has 1 aromatic heterocycles. The highest BCUT2D eigenvalue weighted by Gasteiger charge is 2.10. The van der Waals surface area contributed by atoms with Crippen molar-refractivity contribution in [1.82, 2.24) is 9.97 Å². The summed E-state index contributed by atoms with van der Waals surface area (Å²) in [6.45, 7) is 1.89. The van der Waals surface area contributed by atoms with Gasteiger partial charge in [-0.05, 0) is 15.9 Å². The van der Waals surface area contributed by atoms with Crippen LogP contribution in [-0.2, 0) is 4.74 Å². The quantitative estimate of drug-likeness (QED) is 0.828. The highest BCUT2D eigenvalue weighted by Crippen LogP contribution is 2.21. The fraction of sp³-hybridized carbons (Fsp3) is 0.556. The Hall–Kier alpha value is -0.720. The molecular weight excluding hydrogens is 262 g/mol. The van der Waals surface area contributed by atoms with Gasteiger partial charge in [-0.1, -0.05) is 0 Å². The second-order valence-corrected chi connectivity index (χ2v) is 3.75. The Morgan fingerprint density at radius 1 is 1.53 bits per heavy atom. The van der Waals surface area contributed by atoms with Crippen LogP contribution in [0, 0.1) is 0 Å². The molecule has 0 saturated carbocycles. The fourth-order valence-electron chi connectivity index (χ4n) is 1.18. The molecule has 0 aliphatic carbocycles. The first-order chi connectivity index (χ1) is 7.29. The summed E-state index contributed by atoms with van der Waals surface area (Å²) in [4.78, 5) is 9.98. The molecule has 0 bridgehead atoms. The van der Waals surface area contributed by atoms with Gasteiger partial charge in [0.05, 0.1) is 17.7 Å². The van der Waals surface area contributed by atoms with Gasteiger partial charge >= 0.3 is 0 Å². The molecule has 6 heteroatoms. The molecule has 0 spiro atoms. The number of anilines is 1. The van der Waals surface area contributed by atoms with E-state index in [-0.39, 0.29) is 6.61 Å². The van der Waals surface area contributed by atoms with Gasteiger partial charge in [0.2, 0.25) is 0 Å². The zero-order chi connectivity index (χ0) is 11.1. The molecule has 0 aliphatic heterocycles. The predicted octanol–water partition coefficient (Wildman–Crippen LogP) is 0.684. The molecule has 5 nitrogen and oxygen atoms in total. The molecule has 0 aliphatic rings. The van der Waals surface area contributed by atoms with Crippen molar-refractivity contribution >= 4 is 21.7 Å². The van der Waals surface area contributed by atoms with Crippen LogP contribution in [0.3, 0.4) is 0 Å². The fourth-order valence-corrected chi connectivity index (χ4v) is 1.66. The summed E-state index contributed by atoms with van der Waals surface area (Å²) < 4.78 is 5.81. The van der Waals surface area contributed by atoms with Gasteiger partial charge in [0, 0.05) is 26.4 Å². The Balaban J connectivity index is 2.74. The molecule has 0 radical (unpaired) electrons. The Bertz CT molecular complexity index is 298. The normalized spacial score (nSPS) is 10.3. The lowest BCUT2D eigenvalue weighted by Gasteiger charge is -2.22. The van der Waals surface area contributed by atoms with Crippen molar-refractivity contribution in [3.05, 3.63) is 17.0 Å². The maximum atomic E-state index is 8.95. The lowest BCUT2D eigenvalue weighted by atomic mass is 10.4. The minimum atomic E-state index is 0.0835. The van der Waals surface area contributed by atoms with Gasteiger partial charge in [-0.25, -0.2) is 9.97 Å². The van der Waals surface area contributed by atoms with E-state index in [0.717, 1.165) is 10.3 Å². The summed E-state index contributed by atoms with van der Waals surface area (Å²) in [6, 6.07) is 0. The molecule has 1 N–H and O–H groups in total. The van der Waals surface area contributed by atoms with Crippen LogP contribution in [0.5, 0.6) is 0 Å². The standard InChI is InChI=1S/C9H14BrN3O2/c1-15-5-3-13(2-4-14)9-8(10)6-11-7-12-9/h6-7,14H,2-5H2,1H3. The summed E-state index contributed by atoms with van der Waals surface area (Å²) in [5, 5.41) is 8.95. The molecule has 0 aromatic carbocycles. The van der Waals surface area contributed by atoms with Crippen LogP contribution in [0.2, 0.25) is 0 Å². The number of nitrogens with zero attached hydrogens (tertiary/aromatic N) is 3. The van der Waals surface area contributed by atoms with Gasteiger partial charge in [0.1, 0.15) is 12.1 Å². The molecule has 1 heterocycles. The first kappa shape index (κ1) is 12.4. The third-order valence-electron chi connectivity index (χ3n) is 1.88. The monoisotopic (exact) mass is 275 g/mol. The van der Waals surface area contributed by atoms with E-state index in [0.29, 0.717) is 19.7 Å². The molecule has 84 valence electrons. The molecule has 0 atom stereocenters. The van der Waals surface area contributed by atoms with E-state index < -0.39 is 0 Å². The lowest BCUT2D eigenvalue weighted by molar-refractivity contribution is 0.202. The number of rotatable bonds is 6. The third-order valence-corrected chi connectivity index (χ3v) is 2.44. The van der Waals surface area contributed by atoms with Gasteiger partial charge < -0.3 is 14.7 Å². The van der Waals surface area contributed by atoms with Crippen molar-refractivity contribution in [2.75, 3.05) is 38.3 Å². The zero-order valence-corrected chi connectivity index (χ0v) is 10.1. The average Bonchev–Trinajstić information content (AvgIpc) is 2.25. The molecule has 0 amide bonds. The summed E-state index contributed by atoms with van der Waals surface area (Å²) >= 11 is 3.37. The van der Waals surface area contributed by atoms with Crippen molar-refractivity contribution < 1.29 is 9.84 Å². The maximum absolute atomic E-state index is 8.95. The van der Waals surface area contributed by atoms with Crippen molar-refractivity contribution in [2.45, 2.75) is 0 Å². The van der Waals surface area contributed by atoms with Gasteiger partial charge in [-0.15, -0.1) is 0 Å². The number of aliphatic hydroxyl groups excluding tert-OH is 1. The van der Waals surface area contributed by atoms with Crippen LogP contribution >= 0.6 is 15.9 Å². The number of aliphatic hydroxyl groups is 1. The Morgan fingerprint density at radius 2 is 2.33 bits per heavy atom. The van der Waals surface area contributed by atoms with E-state index in [1.165, 1.54) is 6.33 Å². The zero-order valence-electron chi connectivity index (χ0n) is 8.56. The number of hydrogen-bond acceptors (Lipinski definition) is 5. The van der Waals surface area contributed by atoms with Gasteiger partial charge in [-0.2, -0.15) is 0 Å². The van der Waals surface area contributed by atoms with Crippen LogP contribution in [0.25, 0.3) is 0 Å². The van der Waals surface area contributed by atoms with E-state index in [9.17, 15) is 0 Å². The highest BCUT2D eigenvalue weighted by molar-refractivity contribution is 9.10. The van der Waals surface area contributed by atoms with Crippen LogP contribution < -0.4 is 4.90 Å². The minimum Gasteiger partial charge on any atom is -0.395 e. The Morgan fingerprint density at radius 3 is 2.93 bits per heavy atom. The number of ether oxygens (including phenoxy) is 1. The van der Waals surface area contributed by atoms with Crippen molar-refractivity contribution in [2.24, 2.45) is 0 Å². The minimum absolute atomic E-state index is 0.0835. The topological polar surface area (TPSA) is 58.5 Å². The molecule has 15 heavy (non-hydrogen) atoms. The average molecular weight is 276 g/mol. The van der Waals surface area contributed by atoms with Crippen LogP contribution in [-0.4, -0.2) is 48.5 Å². The first-order valence-electron chi connectivity index (χ1n) is 4.60. The SMILES string of the molecule is COCCN(CCO)c1ncncc1Br. The molecule has 0 fully saturated rings. The largest absolute Gasteiger partial charge is 0.395 e. The lowest BCUT2D eigenvalue weighted by Crippen LogP contribution is -2.31. The van der Waals surface area contributed by atoms with E-state index in [2.05, 4.69) is 25.9 Å². The van der Waals surface area contributed by atoms with Crippen molar-refractivity contribution in [3.63, 3.8) is 0 Å². The second kappa shape index (κ2) is 6.71. The molecule has 0 unspecified atom stereocenters. The Labute approximate surface area is 97.2 Å². The van der Waals surface area contributed by atoms with E-state index in [4.69, 9.17) is 9.84 Å². The van der Waals surface area contributed by atoms with Crippen LogP contribution in [0.1, 0.15) is 0 Å². The third kappa shape index (κ3) is 3.73. The van der Waals surface area contributed by atoms with Crippen LogP contribution in [0.4, 0.5) is 5.82 Å². The molecule has 0 saturated heterocycles. The molecular formula is C9H14BrN3O2. The number of hydrogen-bond donors (Lipinski definition) is 1. The first-order valence-corrected chi connectivity index (χ1v) is 5.39. The summed E-state index contributed by atoms with van der Waals surface area (Å²) in [5.41, 5.74) is 0. The van der Waals surface area contributed by atoms with E-state index in [1.54, 1.807) is 13.3 Å². The van der Waals surface area contributed by atoms with E-state index in [1.807, 2.05) is 4.90 Å².